The number of anilines is 1. The summed E-state index contributed by atoms with van der Waals surface area (Å²) in [7, 11) is 0. The van der Waals surface area contributed by atoms with Crippen LogP contribution < -0.4 is 5.32 Å². The molecule has 1 aromatic rings. The number of carbonyl (C=O) groups is 1. The average molecular weight is 277 g/mol. The fourth-order valence-electron chi connectivity index (χ4n) is 2.47. The molecule has 1 aliphatic heterocycles. The third-order valence-electron chi connectivity index (χ3n) is 3.53. The number of nitrogens with zero attached hydrogens (tertiary/aromatic N) is 2. The molecule has 0 saturated carbocycles. The van der Waals surface area contributed by atoms with E-state index in [1.807, 2.05) is 19.9 Å². The average Bonchev–Trinajstić information content (AvgIpc) is 2.81. The van der Waals surface area contributed by atoms with Gasteiger partial charge in [0.25, 0.3) is 0 Å². The van der Waals surface area contributed by atoms with Crippen LogP contribution in [0.15, 0.2) is 6.07 Å². The Hall–Kier alpha value is -1.49. The zero-order chi connectivity index (χ0) is 14.5. The van der Waals surface area contributed by atoms with Crippen LogP contribution in [0.4, 0.5) is 5.82 Å². The van der Waals surface area contributed by atoms with Gasteiger partial charge in [0, 0.05) is 18.2 Å². The molecule has 0 radical (unpaired) electrons. The maximum Gasteiger partial charge on any atom is 0.225 e. The van der Waals surface area contributed by atoms with Crippen molar-refractivity contribution in [2.75, 3.05) is 5.32 Å². The smallest absolute Gasteiger partial charge is 0.225 e. The van der Waals surface area contributed by atoms with Crippen molar-refractivity contribution in [3.05, 3.63) is 17.6 Å². The molecule has 1 fully saturated rings. The van der Waals surface area contributed by atoms with Gasteiger partial charge >= 0.3 is 0 Å². The van der Waals surface area contributed by atoms with E-state index in [4.69, 9.17) is 4.74 Å². The van der Waals surface area contributed by atoms with Crippen LogP contribution in [-0.4, -0.2) is 28.1 Å². The van der Waals surface area contributed by atoms with Crippen molar-refractivity contribution in [2.45, 2.75) is 65.1 Å². The highest BCUT2D eigenvalue weighted by atomic mass is 16.5. The first-order valence-electron chi connectivity index (χ1n) is 7.36. The summed E-state index contributed by atoms with van der Waals surface area (Å²) in [6.07, 6.45) is 4.80. The van der Waals surface area contributed by atoms with Gasteiger partial charge in [-0.2, -0.15) is 0 Å². The second-order valence-electron chi connectivity index (χ2n) is 5.38. The van der Waals surface area contributed by atoms with Crippen LogP contribution in [0.2, 0.25) is 0 Å². The highest BCUT2D eigenvalue weighted by Crippen LogP contribution is 2.22. The Morgan fingerprint density at radius 1 is 1.45 bits per heavy atom. The monoisotopic (exact) mass is 277 g/mol. The summed E-state index contributed by atoms with van der Waals surface area (Å²) in [5.41, 5.74) is 0.945. The van der Waals surface area contributed by atoms with E-state index in [9.17, 15) is 4.79 Å². The summed E-state index contributed by atoms with van der Waals surface area (Å²) in [5, 5.41) is 2.85. The van der Waals surface area contributed by atoms with Gasteiger partial charge in [0.15, 0.2) is 0 Å². The number of hydrogen-bond acceptors (Lipinski definition) is 4. The summed E-state index contributed by atoms with van der Waals surface area (Å²) in [4.78, 5) is 20.5. The summed E-state index contributed by atoms with van der Waals surface area (Å²) < 4.78 is 5.71. The van der Waals surface area contributed by atoms with Crippen molar-refractivity contribution in [3.8, 4) is 0 Å². The van der Waals surface area contributed by atoms with Gasteiger partial charge in [-0.05, 0) is 39.5 Å². The predicted octanol–water partition coefficient (Wildman–Crippen LogP) is 2.63. The summed E-state index contributed by atoms with van der Waals surface area (Å²) in [6.45, 7) is 5.95. The van der Waals surface area contributed by atoms with Crippen molar-refractivity contribution in [2.24, 2.45) is 0 Å². The van der Waals surface area contributed by atoms with Crippen LogP contribution in [0, 0.1) is 6.92 Å². The number of aryl methyl sites for hydroxylation is 2. The van der Waals surface area contributed by atoms with E-state index in [0.717, 1.165) is 31.4 Å². The zero-order valence-corrected chi connectivity index (χ0v) is 12.5. The minimum absolute atomic E-state index is 0.00620. The second kappa shape index (κ2) is 6.79. The molecule has 2 rings (SSSR count). The van der Waals surface area contributed by atoms with Crippen LogP contribution in [0.5, 0.6) is 0 Å². The van der Waals surface area contributed by atoms with Crippen molar-refractivity contribution in [1.82, 2.24) is 9.97 Å². The van der Waals surface area contributed by atoms with Gasteiger partial charge < -0.3 is 10.1 Å². The summed E-state index contributed by atoms with van der Waals surface area (Å²) >= 11 is 0. The van der Waals surface area contributed by atoms with Crippen molar-refractivity contribution < 1.29 is 9.53 Å². The molecule has 0 aromatic carbocycles. The van der Waals surface area contributed by atoms with Crippen LogP contribution in [0.1, 0.15) is 51.0 Å². The Balaban J connectivity index is 1.83. The lowest BCUT2D eigenvalue weighted by molar-refractivity contribution is -0.116. The first-order valence-corrected chi connectivity index (χ1v) is 7.36. The molecule has 0 aliphatic carbocycles. The van der Waals surface area contributed by atoms with E-state index in [-0.39, 0.29) is 12.0 Å². The molecule has 1 amide bonds. The molecule has 5 heteroatoms. The highest BCUT2D eigenvalue weighted by Gasteiger charge is 2.22. The maximum atomic E-state index is 11.9. The maximum absolute atomic E-state index is 11.9. The van der Waals surface area contributed by atoms with Crippen molar-refractivity contribution in [1.29, 1.82) is 0 Å². The van der Waals surface area contributed by atoms with Gasteiger partial charge in [0.05, 0.1) is 12.2 Å². The molecule has 1 N–H and O–H groups in total. The van der Waals surface area contributed by atoms with Gasteiger partial charge in [0.1, 0.15) is 11.6 Å². The van der Waals surface area contributed by atoms with Gasteiger partial charge in [0.2, 0.25) is 5.91 Å². The number of rotatable bonds is 5. The molecule has 5 nitrogen and oxygen atoms in total. The van der Waals surface area contributed by atoms with E-state index in [2.05, 4.69) is 22.2 Å². The topological polar surface area (TPSA) is 64.1 Å². The second-order valence-corrected chi connectivity index (χ2v) is 5.38. The van der Waals surface area contributed by atoms with Crippen LogP contribution in [-0.2, 0) is 16.0 Å². The Morgan fingerprint density at radius 3 is 2.90 bits per heavy atom. The van der Waals surface area contributed by atoms with Crippen molar-refractivity contribution in [3.63, 3.8) is 0 Å². The molecule has 2 unspecified atom stereocenters. The largest absolute Gasteiger partial charge is 0.375 e. The lowest BCUT2D eigenvalue weighted by atomic mass is 10.1. The Labute approximate surface area is 120 Å². The SMILES string of the molecule is CCc1cc(NC(=O)CCC2CCC(C)O2)nc(C)n1. The number of ether oxygens (including phenoxy) is 1. The number of amides is 1. The lowest BCUT2D eigenvalue weighted by Gasteiger charge is -2.11. The molecule has 1 aliphatic rings. The zero-order valence-electron chi connectivity index (χ0n) is 12.5. The van der Waals surface area contributed by atoms with Gasteiger partial charge in [-0.3, -0.25) is 4.79 Å². The number of carbonyl (C=O) groups excluding carboxylic acids is 1. The molecule has 110 valence electrons. The fourth-order valence-corrected chi connectivity index (χ4v) is 2.47. The number of hydrogen-bond donors (Lipinski definition) is 1. The quantitative estimate of drug-likeness (QED) is 0.898. The Kier molecular flexibility index (Phi) is 5.06. The van der Waals surface area contributed by atoms with Gasteiger partial charge in [-0.1, -0.05) is 6.92 Å². The minimum Gasteiger partial charge on any atom is -0.375 e. The summed E-state index contributed by atoms with van der Waals surface area (Å²) in [6, 6.07) is 1.83. The van der Waals surface area contributed by atoms with Crippen LogP contribution in [0.3, 0.4) is 0 Å². The molecular formula is C15H23N3O2. The van der Waals surface area contributed by atoms with Crippen LogP contribution in [0.25, 0.3) is 0 Å². The molecular weight excluding hydrogens is 254 g/mol. The molecule has 1 aromatic heterocycles. The fraction of sp³-hybridized carbons (Fsp3) is 0.667. The van der Waals surface area contributed by atoms with E-state index < -0.39 is 0 Å². The lowest BCUT2D eigenvalue weighted by Crippen LogP contribution is -2.17. The molecule has 2 atom stereocenters. The highest BCUT2D eigenvalue weighted by molar-refractivity contribution is 5.89. The Morgan fingerprint density at radius 2 is 2.25 bits per heavy atom. The van der Waals surface area contributed by atoms with Gasteiger partial charge in [-0.25, -0.2) is 9.97 Å². The van der Waals surface area contributed by atoms with E-state index in [0.29, 0.717) is 24.2 Å². The normalized spacial score (nSPS) is 21.9. The van der Waals surface area contributed by atoms with Gasteiger partial charge in [-0.15, -0.1) is 0 Å². The minimum atomic E-state index is -0.00620. The standard InChI is InChI=1S/C15H23N3O2/c1-4-12-9-14(17-11(3)16-12)18-15(19)8-7-13-6-5-10(2)20-13/h9-10,13H,4-8H2,1-3H3,(H,16,17,18,19). The summed E-state index contributed by atoms with van der Waals surface area (Å²) in [5.74, 6) is 1.28. The first-order chi connectivity index (χ1) is 9.56. The molecule has 2 heterocycles. The van der Waals surface area contributed by atoms with E-state index in [1.165, 1.54) is 0 Å². The molecule has 20 heavy (non-hydrogen) atoms. The third-order valence-corrected chi connectivity index (χ3v) is 3.53. The first kappa shape index (κ1) is 14.9. The van der Waals surface area contributed by atoms with E-state index >= 15 is 0 Å². The molecule has 1 saturated heterocycles. The molecule has 0 bridgehead atoms. The molecule has 0 spiro atoms. The predicted molar refractivity (Wildman–Crippen MR) is 77.6 cm³/mol. The number of nitrogens with one attached hydrogen (secondary N) is 1. The van der Waals surface area contributed by atoms with Crippen LogP contribution >= 0.6 is 0 Å². The Bertz CT molecular complexity index is 476. The third kappa shape index (κ3) is 4.27. The van der Waals surface area contributed by atoms with E-state index in [1.54, 1.807) is 0 Å². The number of aromatic nitrogens is 2. The van der Waals surface area contributed by atoms with Crippen molar-refractivity contribution >= 4 is 11.7 Å².